The first-order valence-electron chi connectivity index (χ1n) is 5.86. The molecular weight excluding hydrogens is 226 g/mol. The molecule has 0 bridgehead atoms. The van der Waals surface area contributed by atoms with Gasteiger partial charge in [-0.05, 0) is 31.9 Å². The van der Waals surface area contributed by atoms with Crippen LogP contribution in [0.4, 0.5) is 0 Å². The quantitative estimate of drug-likeness (QED) is 0.653. The van der Waals surface area contributed by atoms with Crippen LogP contribution >= 0.6 is 11.8 Å². The van der Waals surface area contributed by atoms with Gasteiger partial charge in [0.25, 0.3) is 0 Å². The van der Waals surface area contributed by atoms with Crippen molar-refractivity contribution in [3.8, 4) is 0 Å². The molecule has 5 heteroatoms. The van der Waals surface area contributed by atoms with Crippen molar-refractivity contribution in [2.75, 3.05) is 24.7 Å². The number of rotatable bonds is 7. The minimum atomic E-state index is -0.238. The topological polar surface area (TPSA) is 58.6 Å². The highest BCUT2D eigenvalue weighted by atomic mass is 32.2. The Morgan fingerprint density at radius 2 is 2.31 bits per heavy atom. The van der Waals surface area contributed by atoms with E-state index in [4.69, 9.17) is 9.84 Å². The zero-order valence-electron chi connectivity index (χ0n) is 9.78. The number of thioether (sulfide) groups is 1. The van der Waals surface area contributed by atoms with Crippen LogP contribution in [0, 0.1) is 0 Å². The first-order valence-corrected chi connectivity index (χ1v) is 7.01. The first kappa shape index (κ1) is 13.8. The number of aliphatic hydroxyl groups excluding tert-OH is 1. The van der Waals surface area contributed by atoms with Crippen molar-refractivity contribution in [3.63, 3.8) is 0 Å². The second-order valence-corrected chi connectivity index (χ2v) is 5.22. The molecule has 0 aromatic rings. The Morgan fingerprint density at radius 1 is 1.50 bits per heavy atom. The van der Waals surface area contributed by atoms with E-state index in [-0.39, 0.29) is 24.7 Å². The standard InChI is InChI=1S/C11H21NO3S/c1-9-3-4-10(15-9)11(14)12-5-8-16-7-2-6-13/h9-10,13H,2-8H2,1H3,(H,12,14). The molecule has 1 aliphatic rings. The summed E-state index contributed by atoms with van der Waals surface area (Å²) in [5, 5.41) is 11.5. The Bertz CT molecular complexity index is 213. The zero-order chi connectivity index (χ0) is 11.8. The minimum absolute atomic E-state index is 0.0205. The Balaban J connectivity index is 1.98. The number of carbonyl (C=O) groups is 1. The van der Waals surface area contributed by atoms with E-state index in [1.54, 1.807) is 11.8 Å². The number of hydrogen-bond acceptors (Lipinski definition) is 4. The zero-order valence-corrected chi connectivity index (χ0v) is 10.6. The van der Waals surface area contributed by atoms with Gasteiger partial charge in [0, 0.05) is 18.9 Å². The molecule has 0 aromatic carbocycles. The highest BCUT2D eigenvalue weighted by Gasteiger charge is 2.27. The van der Waals surface area contributed by atoms with Gasteiger partial charge in [-0.2, -0.15) is 11.8 Å². The van der Waals surface area contributed by atoms with Crippen molar-refractivity contribution < 1.29 is 14.6 Å². The van der Waals surface area contributed by atoms with E-state index in [0.29, 0.717) is 6.54 Å². The molecule has 0 radical (unpaired) electrons. The molecule has 2 unspecified atom stereocenters. The van der Waals surface area contributed by atoms with E-state index in [1.165, 1.54) is 0 Å². The Kier molecular flexibility index (Phi) is 6.84. The van der Waals surface area contributed by atoms with Gasteiger partial charge in [-0.3, -0.25) is 4.79 Å². The van der Waals surface area contributed by atoms with E-state index >= 15 is 0 Å². The van der Waals surface area contributed by atoms with Crippen LogP contribution in [0.25, 0.3) is 0 Å². The summed E-state index contributed by atoms with van der Waals surface area (Å²) in [5.41, 5.74) is 0. The van der Waals surface area contributed by atoms with Crippen molar-refractivity contribution >= 4 is 17.7 Å². The van der Waals surface area contributed by atoms with E-state index < -0.39 is 0 Å². The number of hydrogen-bond donors (Lipinski definition) is 2. The average Bonchev–Trinajstić information content (AvgIpc) is 2.70. The maximum Gasteiger partial charge on any atom is 0.249 e. The smallest absolute Gasteiger partial charge is 0.249 e. The molecule has 2 atom stereocenters. The van der Waals surface area contributed by atoms with E-state index in [1.807, 2.05) is 6.92 Å². The summed E-state index contributed by atoms with van der Waals surface area (Å²) in [6.07, 6.45) is 2.61. The Hall–Kier alpha value is -0.260. The van der Waals surface area contributed by atoms with Crippen LogP contribution in [0.2, 0.25) is 0 Å². The lowest BCUT2D eigenvalue weighted by Crippen LogP contribution is -2.35. The molecule has 16 heavy (non-hydrogen) atoms. The lowest BCUT2D eigenvalue weighted by molar-refractivity contribution is -0.131. The molecule has 0 saturated carbocycles. The molecular formula is C11H21NO3S. The van der Waals surface area contributed by atoms with E-state index in [9.17, 15) is 4.79 Å². The van der Waals surface area contributed by atoms with Gasteiger partial charge in [0.1, 0.15) is 6.10 Å². The minimum Gasteiger partial charge on any atom is -0.396 e. The molecule has 0 aromatic heterocycles. The van der Waals surface area contributed by atoms with Crippen LogP contribution < -0.4 is 5.32 Å². The molecule has 4 nitrogen and oxygen atoms in total. The Labute approximate surface area is 101 Å². The van der Waals surface area contributed by atoms with Crippen LogP contribution in [0.5, 0.6) is 0 Å². The Morgan fingerprint density at radius 3 is 2.94 bits per heavy atom. The SMILES string of the molecule is CC1CCC(C(=O)NCCSCCCO)O1. The highest BCUT2D eigenvalue weighted by Crippen LogP contribution is 2.18. The van der Waals surface area contributed by atoms with Crippen molar-refractivity contribution in [2.45, 2.75) is 38.4 Å². The molecule has 1 aliphatic heterocycles. The van der Waals surface area contributed by atoms with Crippen LogP contribution in [-0.2, 0) is 9.53 Å². The fraction of sp³-hybridized carbons (Fsp3) is 0.909. The lowest BCUT2D eigenvalue weighted by Gasteiger charge is -2.11. The van der Waals surface area contributed by atoms with Gasteiger partial charge in [0.05, 0.1) is 6.10 Å². The third kappa shape index (κ3) is 5.18. The molecule has 1 saturated heterocycles. The van der Waals surface area contributed by atoms with Crippen LogP contribution in [0.15, 0.2) is 0 Å². The highest BCUT2D eigenvalue weighted by molar-refractivity contribution is 7.99. The molecule has 1 fully saturated rings. The monoisotopic (exact) mass is 247 g/mol. The average molecular weight is 247 g/mol. The van der Waals surface area contributed by atoms with Crippen molar-refractivity contribution in [1.82, 2.24) is 5.32 Å². The van der Waals surface area contributed by atoms with E-state index in [2.05, 4.69) is 5.32 Å². The summed E-state index contributed by atoms with van der Waals surface area (Å²) < 4.78 is 5.47. The predicted molar refractivity (Wildman–Crippen MR) is 65.6 cm³/mol. The van der Waals surface area contributed by atoms with Gasteiger partial charge in [0.15, 0.2) is 0 Å². The van der Waals surface area contributed by atoms with Crippen molar-refractivity contribution in [1.29, 1.82) is 0 Å². The second kappa shape index (κ2) is 7.92. The fourth-order valence-corrected chi connectivity index (χ4v) is 2.41. The van der Waals surface area contributed by atoms with Gasteiger partial charge < -0.3 is 15.2 Å². The van der Waals surface area contributed by atoms with Crippen molar-refractivity contribution in [3.05, 3.63) is 0 Å². The summed E-state index contributed by atoms with van der Waals surface area (Å²) in [5.74, 6) is 1.87. The summed E-state index contributed by atoms with van der Waals surface area (Å²) in [6.45, 7) is 2.92. The largest absolute Gasteiger partial charge is 0.396 e. The van der Waals surface area contributed by atoms with Crippen LogP contribution in [-0.4, -0.2) is 47.9 Å². The number of aliphatic hydroxyl groups is 1. The van der Waals surface area contributed by atoms with Crippen LogP contribution in [0.1, 0.15) is 26.2 Å². The number of amides is 1. The maximum atomic E-state index is 11.6. The lowest BCUT2D eigenvalue weighted by atomic mass is 10.2. The summed E-state index contributed by atoms with van der Waals surface area (Å²) >= 11 is 1.75. The normalized spacial score (nSPS) is 24.6. The van der Waals surface area contributed by atoms with E-state index in [0.717, 1.165) is 30.8 Å². The van der Waals surface area contributed by atoms with Gasteiger partial charge >= 0.3 is 0 Å². The number of nitrogens with one attached hydrogen (secondary N) is 1. The van der Waals surface area contributed by atoms with Crippen molar-refractivity contribution in [2.24, 2.45) is 0 Å². The summed E-state index contributed by atoms with van der Waals surface area (Å²) in [6, 6.07) is 0. The molecule has 0 aliphatic carbocycles. The molecule has 1 heterocycles. The van der Waals surface area contributed by atoms with Gasteiger partial charge in [-0.25, -0.2) is 0 Å². The first-order chi connectivity index (χ1) is 7.74. The molecule has 1 rings (SSSR count). The van der Waals surface area contributed by atoms with Crippen LogP contribution in [0.3, 0.4) is 0 Å². The third-order valence-electron chi connectivity index (χ3n) is 2.52. The number of ether oxygens (including phenoxy) is 1. The fourth-order valence-electron chi connectivity index (χ4n) is 1.62. The summed E-state index contributed by atoms with van der Waals surface area (Å²) in [4.78, 5) is 11.6. The maximum absolute atomic E-state index is 11.6. The molecule has 0 spiro atoms. The number of carbonyl (C=O) groups excluding carboxylic acids is 1. The molecule has 2 N–H and O–H groups in total. The summed E-state index contributed by atoms with van der Waals surface area (Å²) in [7, 11) is 0. The molecule has 94 valence electrons. The van der Waals surface area contributed by atoms with Gasteiger partial charge in [-0.15, -0.1) is 0 Å². The third-order valence-corrected chi connectivity index (χ3v) is 3.59. The van der Waals surface area contributed by atoms with Gasteiger partial charge in [-0.1, -0.05) is 0 Å². The predicted octanol–water partition coefficient (Wildman–Crippen LogP) is 0.786. The van der Waals surface area contributed by atoms with Gasteiger partial charge in [0.2, 0.25) is 5.91 Å². The second-order valence-electron chi connectivity index (χ2n) is 3.99. The molecule has 1 amide bonds.